The molecule has 1 aromatic heterocycles. The van der Waals surface area contributed by atoms with Crippen LogP contribution in [0.3, 0.4) is 0 Å². The number of rotatable bonds is 0. The van der Waals surface area contributed by atoms with Gasteiger partial charge in [-0.25, -0.2) is 0 Å². The number of hydrogen-bond acceptors (Lipinski definition) is 0. The van der Waals surface area contributed by atoms with Crippen molar-refractivity contribution in [3.05, 3.63) is 29.6 Å². The quantitative estimate of drug-likeness (QED) is 0.369. The first-order valence-corrected chi connectivity index (χ1v) is 4.77. The first-order valence-electron chi connectivity index (χ1n) is 2.10. The molecule has 0 saturated heterocycles. The van der Waals surface area contributed by atoms with E-state index in [2.05, 4.69) is 0 Å². The number of halogens is 1. The van der Waals surface area contributed by atoms with Crippen LogP contribution in [0.4, 0.5) is 0 Å². The Balaban J connectivity index is 3.02. The predicted octanol–water partition coefficient (Wildman–Crippen LogP) is 1.71. The van der Waals surface area contributed by atoms with Crippen LogP contribution in [0, 0.1) is 0 Å². The third-order valence-electron chi connectivity index (χ3n) is 0.733. The van der Waals surface area contributed by atoms with E-state index in [4.69, 9.17) is 11.1 Å². The van der Waals surface area contributed by atoms with Crippen molar-refractivity contribution in [3.63, 3.8) is 0 Å². The van der Waals surface area contributed by atoms with E-state index in [9.17, 15) is 0 Å². The molecule has 1 aromatic rings. The van der Waals surface area contributed by atoms with Crippen LogP contribution in [0.2, 0.25) is 0 Å². The summed E-state index contributed by atoms with van der Waals surface area (Å²) in [6, 6.07) is 5.96. The first-order chi connectivity index (χ1) is 3.39. The standard InChI is InChI=1S/C5H5ClSi/c6-7-4-2-1-3-5-7/h1-5H. The lowest BCUT2D eigenvalue weighted by atomic mass is 10.6. The van der Waals surface area contributed by atoms with Gasteiger partial charge in [0.2, 0.25) is 0 Å². The van der Waals surface area contributed by atoms with Crippen LogP contribution >= 0.6 is 11.1 Å². The van der Waals surface area contributed by atoms with Gasteiger partial charge >= 0.3 is 0 Å². The summed E-state index contributed by atoms with van der Waals surface area (Å²) < 4.78 is 0. The summed E-state index contributed by atoms with van der Waals surface area (Å²) in [4.78, 5) is 0. The highest BCUT2D eigenvalue weighted by molar-refractivity contribution is 7.01. The van der Waals surface area contributed by atoms with E-state index >= 15 is 0 Å². The lowest BCUT2D eigenvalue weighted by molar-refractivity contribution is 1.86. The normalized spacial score (nSPS) is 8.71. The maximum Gasteiger partial charge on any atom is 0.151 e. The van der Waals surface area contributed by atoms with Gasteiger partial charge in [0.15, 0.2) is 7.71 Å². The van der Waals surface area contributed by atoms with Crippen LogP contribution in [-0.2, 0) is 0 Å². The molecule has 0 saturated carbocycles. The molecule has 0 aliphatic carbocycles. The van der Waals surface area contributed by atoms with E-state index < -0.39 is 7.71 Å². The van der Waals surface area contributed by atoms with Gasteiger partial charge in [-0.1, -0.05) is 29.6 Å². The zero-order valence-corrected chi connectivity index (χ0v) is 5.52. The summed E-state index contributed by atoms with van der Waals surface area (Å²) >= 11 is 5.72. The SMILES string of the molecule is Cl[si]1ccccc1. The topological polar surface area (TPSA) is 0 Å². The molecule has 1 rings (SSSR count). The Hall–Kier alpha value is -0.143. The van der Waals surface area contributed by atoms with Crippen molar-refractivity contribution in [2.24, 2.45) is 0 Å². The van der Waals surface area contributed by atoms with Gasteiger partial charge in [-0.15, -0.1) is 11.1 Å². The summed E-state index contributed by atoms with van der Waals surface area (Å²) in [5.74, 6) is 0. The van der Waals surface area contributed by atoms with Crippen molar-refractivity contribution in [3.8, 4) is 0 Å². The maximum absolute atomic E-state index is 5.72. The molecule has 1 heterocycles. The van der Waals surface area contributed by atoms with Crippen molar-refractivity contribution in [2.45, 2.75) is 0 Å². The average Bonchev–Trinajstić information content (AvgIpc) is 1.69. The fourth-order valence-electron chi connectivity index (χ4n) is 0.415. The molecule has 0 atom stereocenters. The molecule has 0 amide bonds. The van der Waals surface area contributed by atoms with Gasteiger partial charge < -0.3 is 0 Å². The van der Waals surface area contributed by atoms with Crippen LogP contribution in [0.15, 0.2) is 29.6 Å². The molecule has 0 aliphatic heterocycles. The fourth-order valence-corrected chi connectivity index (χ4v) is 1.55. The van der Waals surface area contributed by atoms with E-state index in [-0.39, 0.29) is 0 Å². The molecule has 0 bridgehead atoms. The lowest BCUT2D eigenvalue weighted by Crippen LogP contribution is -1.76. The predicted molar refractivity (Wildman–Crippen MR) is 33.6 cm³/mol. The van der Waals surface area contributed by atoms with Gasteiger partial charge in [-0.2, -0.15) is 0 Å². The molecule has 36 valence electrons. The summed E-state index contributed by atoms with van der Waals surface area (Å²) in [5, 5.41) is 0. The lowest BCUT2D eigenvalue weighted by Gasteiger charge is -1.78. The Bertz CT molecular complexity index is 138. The smallest absolute Gasteiger partial charge is 0.134 e. The Morgan fingerprint density at radius 3 is 1.86 bits per heavy atom. The average molecular weight is 129 g/mol. The number of hydrogen-bond donors (Lipinski definition) is 0. The van der Waals surface area contributed by atoms with Crippen molar-refractivity contribution >= 4 is 18.8 Å². The van der Waals surface area contributed by atoms with Crippen LogP contribution in [0.25, 0.3) is 0 Å². The minimum absolute atomic E-state index is 0.713. The first kappa shape index (κ1) is 5.00. The largest absolute Gasteiger partial charge is 0.151 e. The molecule has 0 aliphatic rings. The summed E-state index contributed by atoms with van der Waals surface area (Å²) in [5.41, 5.74) is 4.07. The summed E-state index contributed by atoms with van der Waals surface area (Å²) in [6.45, 7) is 0. The minimum atomic E-state index is -0.713. The van der Waals surface area contributed by atoms with Gasteiger partial charge in [0.25, 0.3) is 0 Å². The van der Waals surface area contributed by atoms with E-state index in [1.807, 2.05) is 29.6 Å². The molecule has 0 fully saturated rings. The fraction of sp³-hybridized carbons (Fsp3) is 0. The van der Waals surface area contributed by atoms with Crippen molar-refractivity contribution in [1.29, 1.82) is 0 Å². The summed E-state index contributed by atoms with van der Waals surface area (Å²) in [7, 11) is -0.713. The molecule has 0 unspecified atom stereocenters. The molecule has 0 spiro atoms. The molecule has 2 heteroatoms. The van der Waals surface area contributed by atoms with Gasteiger partial charge in [0.1, 0.15) is 0 Å². The van der Waals surface area contributed by atoms with Crippen LogP contribution in [0.5, 0.6) is 0 Å². The monoisotopic (exact) mass is 128 g/mol. The zero-order chi connectivity index (χ0) is 5.11. The van der Waals surface area contributed by atoms with Crippen LogP contribution in [-0.4, -0.2) is 7.71 Å². The molecular weight excluding hydrogens is 124 g/mol. The molecule has 0 aromatic carbocycles. The van der Waals surface area contributed by atoms with Crippen molar-refractivity contribution < 1.29 is 0 Å². The molecule has 0 nitrogen and oxygen atoms in total. The Kier molecular flexibility index (Phi) is 1.60. The van der Waals surface area contributed by atoms with E-state index in [0.29, 0.717) is 0 Å². The van der Waals surface area contributed by atoms with Crippen molar-refractivity contribution in [1.82, 2.24) is 0 Å². The second kappa shape index (κ2) is 2.24. The van der Waals surface area contributed by atoms with Crippen LogP contribution < -0.4 is 0 Å². The van der Waals surface area contributed by atoms with Gasteiger partial charge in [0, 0.05) is 0 Å². The van der Waals surface area contributed by atoms with Crippen molar-refractivity contribution in [2.75, 3.05) is 0 Å². The van der Waals surface area contributed by atoms with Gasteiger partial charge in [0.05, 0.1) is 0 Å². The van der Waals surface area contributed by atoms with E-state index in [0.717, 1.165) is 0 Å². The molecule has 0 radical (unpaired) electrons. The molecule has 7 heavy (non-hydrogen) atoms. The third kappa shape index (κ3) is 1.41. The Labute approximate surface area is 49.0 Å². The molecule has 0 N–H and O–H groups in total. The highest BCUT2D eigenvalue weighted by Crippen LogP contribution is 1.86. The highest BCUT2D eigenvalue weighted by atomic mass is 35.6. The minimum Gasteiger partial charge on any atom is -0.134 e. The Morgan fingerprint density at radius 1 is 1.00 bits per heavy atom. The third-order valence-corrected chi connectivity index (χ3v) is 2.51. The van der Waals surface area contributed by atoms with E-state index in [1.165, 1.54) is 0 Å². The maximum atomic E-state index is 5.72. The van der Waals surface area contributed by atoms with E-state index in [1.54, 1.807) is 0 Å². The van der Waals surface area contributed by atoms with Gasteiger partial charge in [-0.3, -0.25) is 0 Å². The second-order valence-electron chi connectivity index (χ2n) is 1.30. The second-order valence-corrected chi connectivity index (χ2v) is 4.04. The highest BCUT2D eigenvalue weighted by Gasteiger charge is 1.77. The van der Waals surface area contributed by atoms with Crippen LogP contribution in [0.1, 0.15) is 0 Å². The molecular formula is C5H5ClSi. The Morgan fingerprint density at radius 2 is 1.57 bits per heavy atom. The summed E-state index contributed by atoms with van der Waals surface area (Å²) in [6.07, 6.45) is 0. The van der Waals surface area contributed by atoms with Gasteiger partial charge in [-0.05, 0) is 0 Å². The zero-order valence-electron chi connectivity index (χ0n) is 3.76.